The Morgan fingerprint density at radius 2 is 2.37 bits per heavy atom. The van der Waals surface area contributed by atoms with Crippen LogP contribution in [-0.4, -0.2) is 28.2 Å². The summed E-state index contributed by atoms with van der Waals surface area (Å²) in [5.41, 5.74) is 0.942. The van der Waals surface area contributed by atoms with Gasteiger partial charge in [-0.05, 0) is 51.9 Å². The third-order valence-corrected chi connectivity index (χ3v) is 3.42. The van der Waals surface area contributed by atoms with Crippen LogP contribution in [0.1, 0.15) is 18.3 Å². The van der Waals surface area contributed by atoms with E-state index in [-0.39, 0.29) is 0 Å². The lowest BCUT2D eigenvalue weighted by Gasteiger charge is -2.03. The largest absolute Gasteiger partial charge is 0.496 e. The summed E-state index contributed by atoms with van der Waals surface area (Å²) in [7, 11) is 1.63. The molecule has 0 atom stereocenters. The standard InChI is InChI=1S/C12H13BrN4OS/c1-3-11-15-16-12(19)17(11)14-7-8-4-5-10(18-2)9(13)6-8/h4-7H,3H2,1-2H3,(H,16,19)/b14-7-. The summed E-state index contributed by atoms with van der Waals surface area (Å²) in [5, 5.41) is 11.2. The fourth-order valence-electron chi connectivity index (χ4n) is 1.56. The molecule has 5 nitrogen and oxygen atoms in total. The van der Waals surface area contributed by atoms with Crippen LogP contribution >= 0.6 is 28.1 Å². The molecule has 1 heterocycles. The monoisotopic (exact) mass is 340 g/mol. The lowest BCUT2D eigenvalue weighted by Crippen LogP contribution is -1.97. The molecular weight excluding hydrogens is 328 g/mol. The maximum Gasteiger partial charge on any atom is 0.216 e. The number of benzene rings is 1. The minimum Gasteiger partial charge on any atom is -0.496 e. The molecule has 0 aliphatic heterocycles. The Morgan fingerprint density at radius 1 is 1.58 bits per heavy atom. The van der Waals surface area contributed by atoms with Gasteiger partial charge in [0.2, 0.25) is 4.77 Å². The van der Waals surface area contributed by atoms with E-state index in [4.69, 9.17) is 17.0 Å². The van der Waals surface area contributed by atoms with Crippen molar-refractivity contribution in [2.24, 2.45) is 5.10 Å². The molecule has 1 aromatic carbocycles. The van der Waals surface area contributed by atoms with Crippen molar-refractivity contribution in [3.8, 4) is 5.75 Å². The van der Waals surface area contributed by atoms with Gasteiger partial charge in [0.25, 0.3) is 0 Å². The lowest BCUT2D eigenvalue weighted by atomic mass is 10.2. The number of rotatable bonds is 4. The van der Waals surface area contributed by atoms with Crippen molar-refractivity contribution in [1.29, 1.82) is 0 Å². The first-order valence-electron chi connectivity index (χ1n) is 5.70. The van der Waals surface area contributed by atoms with Gasteiger partial charge in [0.15, 0.2) is 5.82 Å². The number of H-pyrrole nitrogens is 1. The predicted octanol–water partition coefficient (Wildman–Crippen LogP) is 3.16. The van der Waals surface area contributed by atoms with E-state index in [1.807, 2.05) is 25.1 Å². The van der Waals surface area contributed by atoms with E-state index < -0.39 is 0 Å². The fourth-order valence-corrected chi connectivity index (χ4v) is 2.32. The highest BCUT2D eigenvalue weighted by Crippen LogP contribution is 2.24. The topological polar surface area (TPSA) is 55.2 Å². The average Bonchev–Trinajstić information content (AvgIpc) is 2.77. The molecule has 0 fully saturated rings. The third-order valence-electron chi connectivity index (χ3n) is 2.53. The van der Waals surface area contributed by atoms with Crippen LogP contribution in [0, 0.1) is 4.77 Å². The Kier molecular flexibility index (Phi) is 4.49. The molecule has 7 heteroatoms. The van der Waals surface area contributed by atoms with Crippen LogP contribution in [0.5, 0.6) is 5.75 Å². The van der Waals surface area contributed by atoms with Gasteiger partial charge in [-0.1, -0.05) is 6.92 Å². The van der Waals surface area contributed by atoms with E-state index >= 15 is 0 Å². The molecule has 0 aliphatic carbocycles. The van der Waals surface area contributed by atoms with Gasteiger partial charge in [-0.25, -0.2) is 0 Å². The minimum atomic E-state index is 0.487. The van der Waals surface area contributed by atoms with Gasteiger partial charge in [0.1, 0.15) is 5.75 Å². The highest BCUT2D eigenvalue weighted by Gasteiger charge is 2.02. The number of aromatic nitrogens is 3. The first-order valence-corrected chi connectivity index (χ1v) is 6.90. The zero-order chi connectivity index (χ0) is 13.8. The van der Waals surface area contributed by atoms with Crippen LogP contribution in [0.4, 0.5) is 0 Å². The van der Waals surface area contributed by atoms with Gasteiger partial charge < -0.3 is 4.74 Å². The molecule has 2 aromatic rings. The summed E-state index contributed by atoms with van der Waals surface area (Å²) in [6.07, 6.45) is 2.49. The summed E-state index contributed by atoms with van der Waals surface area (Å²) < 4.78 is 8.16. The van der Waals surface area contributed by atoms with Crippen LogP contribution < -0.4 is 4.74 Å². The first-order chi connectivity index (χ1) is 9.15. The molecule has 2 rings (SSSR count). The fraction of sp³-hybridized carbons (Fsp3) is 0.250. The molecule has 19 heavy (non-hydrogen) atoms. The Hall–Kier alpha value is -1.47. The zero-order valence-electron chi connectivity index (χ0n) is 10.6. The molecule has 0 unspecified atom stereocenters. The van der Waals surface area contributed by atoms with Crippen molar-refractivity contribution >= 4 is 34.4 Å². The van der Waals surface area contributed by atoms with Crippen molar-refractivity contribution in [2.75, 3.05) is 7.11 Å². The molecular formula is C12H13BrN4OS. The Bertz CT molecular complexity index is 662. The van der Waals surface area contributed by atoms with Crippen LogP contribution in [0.2, 0.25) is 0 Å². The van der Waals surface area contributed by atoms with Gasteiger partial charge in [-0.2, -0.15) is 14.9 Å². The summed E-state index contributed by atoms with van der Waals surface area (Å²) in [5.74, 6) is 1.58. The first kappa shape index (κ1) is 14.0. The molecule has 0 saturated heterocycles. The van der Waals surface area contributed by atoms with E-state index in [1.165, 1.54) is 0 Å². The van der Waals surface area contributed by atoms with E-state index in [2.05, 4.69) is 31.2 Å². The van der Waals surface area contributed by atoms with Crippen molar-refractivity contribution in [2.45, 2.75) is 13.3 Å². The second-order valence-corrected chi connectivity index (χ2v) is 4.99. The number of halogens is 1. The van der Waals surface area contributed by atoms with Crippen LogP contribution in [0.25, 0.3) is 0 Å². The van der Waals surface area contributed by atoms with Gasteiger partial charge in [-0.3, -0.25) is 5.10 Å². The van der Waals surface area contributed by atoms with Crippen molar-refractivity contribution in [1.82, 2.24) is 14.9 Å². The molecule has 1 N–H and O–H groups in total. The average molecular weight is 341 g/mol. The number of hydrogen-bond donors (Lipinski definition) is 1. The number of nitrogens with zero attached hydrogens (tertiary/aromatic N) is 3. The van der Waals surface area contributed by atoms with Crippen molar-refractivity contribution in [3.05, 3.63) is 38.8 Å². The van der Waals surface area contributed by atoms with Crippen molar-refractivity contribution in [3.63, 3.8) is 0 Å². The number of methoxy groups -OCH3 is 1. The maximum absolute atomic E-state index is 5.18. The molecule has 0 bridgehead atoms. The van der Waals surface area contributed by atoms with E-state index in [9.17, 15) is 0 Å². The zero-order valence-corrected chi connectivity index (χ0v) is 13.0. The maximum atomic E-state index is 5.18. The quantitative estimate of drug-likeness (QED) is 0.687. The normalized spacial score (nSPS) is 11.1. The smallest absolute Gasteiger partial charge is 0.216 e. The van der Waals surface area contributed by atoms with Gasteiger partial charge >= 0.3 is 0 Å². The highest BCUT2D eigenvalue weighted by molar-refractivity contribution is 9.10. The second kappa shape index (κ2) is 6.12. The summed E-state index contributed by atoms with van der Waals surface area (Å²) in [4.78, 5) is 0. The molecule has 1 aromatic heterocycles. The minimum absolute atomic E-state index is 0.487. The van der Waals surface area contributed by atoms with E-state index in [0.717, 1.165) is 28.0 Å². The van der Waals surface area contributed by atoms with Crippen LogP contribution in [0.15, 0.2) is 27.8 Å². The van der Waals surface area contributed by atoms with Crippen LogP contribution in [-0.2, 0) is 6.42 Å². The number of hydrogen-bond acceptors (Lipinski definition) is 4. The Balaban J connectivity index is 2.30. The van der Waals surface area contributed by atoms with Gasteiger partial charge in [-0.15, -0.1) is 0 Å². The lowest BCUT2D eigenvalue weighted by molar-refractivity contribution is 0.412. The Morgan fingerprint density at radius 3 is 3.00 bits per heavy atom. The number of nitrogens with one attached hydrogen (secondary N) is 1. The number of aromatic amines is 1. The Labute approximate surface area is 124 Å². The second-order valence-electron chi connectivity index (χ2n) is 3.75. The molecule has 0 saturated carbocycles. The van der Waals surface area contributed by atoms with Gasteiger partial charge in [0.05, 0.1) is 17.8 Å². The molecule has 0 spiro atoms. The van der Waals surface area contributed by atoms with E-state index in [1.54, 1.807) is 18.0 Å². The summed E-state index contributed by atoms with van der Waals surface area (Å²) in [6, 6.07) is 5.72. The molecule has 100 valence electrons. The van der Waals surface area contributed by atoms with Gasteiger partial charge in [0, 0.05) is 6.42 Å². The molecule has 0 aliphatic rings. The SMILES string of the molecule is CCc1n[nH]c(=S)n1/N=C\c1ccc(OC)c(Br)c1. The number of aryl methyl sites for hydroxylation is 1. The van der Waals surface area contributed by atoms with Crippen LogP contribution in [0.3, 0.4) is 0 Å². The number of ether oxygens (including phenoxy) is 1. The predicted molar refractivity (Wildman–Crippen MR) is 80.5 cm³/mol. The summed E-state index contributed by atoms with van der Waals surface area (Å²) >= 11 is 8.56. The van der Waals surface area contributed by atoms with Crippen molar-refractivity contribution < 1.29 is 4.74 Å². The highest BCUT2D eigenvalue weighted by atomic mass is 79.9. The molecule has 0 amide bonds. The third kappa shape index (κ3) is 3.10. The van der Waals surface area contributed by atoms with E-state index in [0.29, 0.717) is 4.77 Å². The molecule has 0 radical (unpaired) electrons. The summed E-state index contributed by atoms with van der Waals surface area (Å²) in [6.45, 7) is 2.00.